The molecular formula is C16H16N2O3. The molecule has 5 nitrogen and oxygen atoms in total. The van der Waals surface area contributed by atoms with Crippen LogP contribution >= 0.6 is 0 Å². The van der Waals surface area contributed by atoms with Gasteiger partial charge in [-0.1, -0.05) is 12.1 Å². The van der Waals surface area contributed by atoms with Crippen molar-refractivity contribution in [1.29, 1.82) is 0 Å². The Morgan fingerprint density at radius 3 is 2.57 bits per heavy atom. The Bertz CT molecular complexity index is 848. The summed E-state index contributed by atoms with van der Waals surface area (Å²) in [5.41, 5.74) is 3.58. The topological polar surface area (TPSA) is 78.1 Å². The molecule has 3 rings (SSSR count). The third kappa shape index (κ3) is 2.43. The predicted molar refractivity (Wildman–Crippen MR) is 80.7 cm³/mol. The Labute approximate surface area is 121 Å². The third-order valence-corrected chi connectivity index (χ3v) is 3.61. The number of hydrogen-bond acceptors (Lipinski definition) is 3. The normalized spacial score (nSPS) is 12.5. The van der Waals surface area contributed by atoms with Gasteiger partial charge < -0.3 is 19.8 Å². The van der Waals surface area contributed by atoms with E-state index in [2.05, 4.69) is 9.97 Å². The van der Waals surface area contributed by atoms with Crippen molar-refractivity contribution < 1.29 is 9.84 Å². The van der Waals surface area contributed by atoms with E-state index in [4.69, 9.17) is 4.74 Å². The second kappa shape index (κ2) is 5.10. The largest absolute Gasteiger partial charge is 0.497 e. The molecule has 0 fully saturated rings. The number of hydrogen-bond donors (Lipinski definition) is 3. The van der Waals surface area contributed by atoms with E-state index in [1.807, 2.05) is 31.2 Å². The van der Waals surface area contributed by atoms with Gasteiger partial charge in [-0.25, -0.2) is 4.79 Å². The van der Waals surface area contributed by atoms with Crippen LogP contribution in [0, 0.1) is 6.92 Å². The molecule has 0 aliphatic rings. The van der Waals surface area contributed by atoms with Crippen LogP contribution in [-0.4, -0.2) is 22.2 Å². The van der Waals surface area contributed by atoms with Crippen molar-refractivity contribution >= 4 is 11.0 Å². The maximum atomic E-state index is 11.3. The quantitative estimate of drug-likeness (QED) is 0.690. The Kier molecular flexibility index (Phi) is 3.27. The number of nitrogens with one attached hydrogen (secondary N) is 2. The highest BCUT2D eigenvalue weighted by atomic mass is 16.5. The predicted octanol–water partition coefficient (Wildman–Crippen LogP) is 2.25. The zero-order valence-corrected chi connectivity index (χ0v) is 11.8. The summed E-state index contributed by atoms with van der Waals surface area (Å²) in [5, 5.41) is 10.6. The van der Waals surface area contributed by atoms with E-state index in [1.165, 1.54) is 0 Å². The van der Waals surface area contributed by atoms with Gasteiger partial charge in [-0.3, -0.25) is 0 Å². The Hall–Kier alpha value is -2.53. The zero-order chi connectivity index (χ0) is 15.0. The zero-order valence-electron chi connectivity index (χ0n) is 11.8. The maximum absolute atomic E-state index is 11.3. The highest BCUT2D eigenvalue weighted by molar-refractivity contribution is 5.76. The standard InChI is InChI=1S/C16H16N2O3/c1-9-6-13-14(18-16(20)17-13)8-12(9)15(19)10-4-3-5-11(7-10)21-2/h3-8,15,19H,1-2H3,(H2,17,18,20). The van der Waals surface area contributed by atoms with Crippen LogP contribution in [-0.2, 0) is 0 Å². The lowest BCUT2D eigenvalue weighted by Gasteiger charge is -2.15. The van der Waals surface area contributed by atoms with E-state index >= 15 is 0 Å². The molecule has 0 saturated heterocycles. The molecule has 108 valence electrons. The molecule has 1 unspecified atom stereocenters. The summed E-state index contributed by atoms with van der Waals surface area (Å²) in [6.07, 6.45) is -0.775. The van der Waals surface area contributed by atoms with Gasteiger partial charge in [0.15, 0.2) is 0 Å². The molecule has 0 radical (unpaired) electrons. The second-order valence-electron chi connectivity index (χ2n) is 5.01. The van der Waals surface area contributed by atoms with Gasteiger partial charge in [0.2, 0.25) is 0 Å². The minimum Gasteiger partial charge on any atom is -0.497 e. The summed E-state index contributed by atoms with van der Waals surface area (Å²) in [6, 6.07) is 11.0. The van der Waals surface area contributed by atoms with Gasteiger partial charge in [-0.2, -0.15) is 0 Å². The highest BCUT2D eigenvalue weighted by Gasteiger charge is 2.15. The van der Waals surface area contributed by atoms with E-state index in [0.29, 0.717) is 11.3 Å². The summed E-state index contributed by atoms with van der Waals surface area (Å²) in [5.74, 6) is 0.695. The van der Waals surface area contributed by atoms with E-state index in [9.17, 15) is 9.90 Å². The first-order valence-corrected chi connectivity index (χ1v) is 6.63. The first kappa shape index (κ1) is 13.5. The first-order chi connectivity index (χ1) is 10.1. The lowest BCUT2D eigenvalue weighted by atomic mass is 9.97. The van der Waals surface area contributed by atoms with Crippen molar-refractivity contribution in [1.82, 2.24) is 9.97 Å². The van der Waals surface area contributed by atoms with Crippen LogP contribution < -0.4 is 10.4 Å². The summed E-state index contributed by atoms with van der Waals surface area (Å²) in [6.45, 7) is 1.91. The monoisotopic (exact) mass is 284 g/mol. The minimum atomic E-state index is -0.775. The molecule has 0 bridgehead atoms. The number of ether oxygens (including phenoxy) is 1. The van der Waals surface area contributed by atoms with Crippen molar-refractivity contribution in [2.45, 2.75) is 13.0 Å². The number of aliphatic hydroxyl groups excluding tert-OH is 1. The van der Waals surface area contributed by atoms with Gasteiger partial charge in [-0.15, -0.1) is 0 Å². The number of imidazole rings is 1. The molecule has 0 saturated carbocycles. The summed E-state index contributed by atoms with van der Waals surface area (Å²) in [4.78, 5) is 16.8. The fourth-order valence-electron chi connectivity index (χ4n) is 2.49. The SMILES string of the molecule is COc1cccc(C(O)c2cc3[nH]c(=O)[nH]c3cc2C)c1. The van der Waals surface area contributed by atoms with Crippen LogP contribution in [0.15, 0.2) is 41.2 Å². The molecule has 0 amide bonds. The van der Waals surface area contributed by atoms with Crippen molar-refractivity contribution in [2.24, 2.45) is 0 Å². The fourth-order valence-corrected chi connectivity index (χ4v) is 2.49. The Morgan fingerprint density at radius 2 is 1.86 bits per heavy atom. The highest BCUT2D eigenvalue weighted by Crippen LogP contribution is 2.29. The van der Waals surface area contributed by atoms with Gasteiger partial charge in [0.1, 0.15) is 11.9 Å². The number of aryl methyl sites for hydroxylation is 1. The number of fused-ring (bicyclic) bond motifs is 1. The molecule has 3 N–H and O–H groups in total. The molecule has 3 aromatic rings. The van der Waals surface area contributed by atoms with Crippen molar-refractivity contribution in [3.05, 3.63) is 63.6 Å². The van der Waals surface area contributed by atoms with Crippen molar-refractivity contribution in [3.63, 3.8) is 0 Å². The van der Waals surface area contributed by atoms with Gasteiger partial charge in [0.25, 0.3) is 0 Å². The minimum absolute atomic E-state index is 0.252. The maximum Gasteiger partial charge on any atom is 0.323 e. The molecule has 0 aliphatic heterocycles. The lowest BCUT2D eigenvalue weighted by Crippen LogP contribution is -2.02. The Balaban J connectivity index is 2.09. The van der Waals surface area contributed by atoms with Gasteiger partial charge in [0, 0.05) is 0 Å². The number of aliphatic hydroxyl groups is 1. The van der Waals surface area contributed by atoms with Crippen molar-refractivity contribution in [2.75, 3.05) is 7.11 Å². The molecule has 2 aromatic carbocycles. The van der Waals surface area contributed by atoms with E-state index < -0.39 is 6.10 Å². The fraction of sp³-hybridized carbons (Fsp3) is 0.188. The molecule has 1 heterocycles. The number of H-pyrrole nitrogens is 2. The summed E-state index contributed by atoms with van der Waals surface area (Å²) < 4.78 is 5.18. The third-order valence-electron chi connectivity index (χ3n) is 3.61. The summed E-state index contributed by atoms with van der Waals surface area (Å²) in [7, 11) is 1.59. The number of methoxy groups -OCH3 is 1. The van der Waals surface area contributed by atoms with E-state index in [1.54, 1.807) is 19.2 Å². The second-order valence-corrected chi connectivity index (χ2v) is 5.01. The van der Waals surface area contributed by atoms with Crippen LogP contribution in [0.1, 0.15) is 22.8 Å². The van der Waals surface area contributed by atoms with Crippen LogP contribution in [0.25, 0.3) is 11.0 Å². The van der Waals surface area contributed by atoms with Gasteiger partial charge in [0.05, 0.1) is 18.1 Å². The van der Waals surface area contributed by atoms with Crippen LogP contribution in [0.3, 0.4) is 0 Å². The van der Waals surface area contributed by atoms with E-state index in [-0.39, 0.29) is 5.69 Å². The van der Waals surface area contributed by atoms with E-state index in [0.717, 1.165) is 22.2 Å². The van der Waals surface area contributed by atoms with Crippen LogP contribution in [0.2, 0.25) is 0 Å². The first-order valence-electron chi connectivity index (χ1n) is 6.63. The van der Waals surface area contributed by atoms with Gasteiger partial charge >= 0.3 is 5.69 Å². The Morgan fingerprint density at radius 1 is 1.14 bits per heavy atom. The van der Waals surface area contributed by atoms with Crippen LogP contribution in [0.4, 0.5) is 0 Å². The van der Waals surface area contributed by atoms with Crippen LogP contribution in [0.5, 0.6) is 5.75 Å². The number of aromatic amines is 2. The number of rotatable bonds is 3. The molecule has 0 aliphatic carbocycles. The smallest absolute Gasteiger partial charge is 0.323 e. The molecule has 1 atom stereocenters. The summed E-state index contributed by atoms with van der Waals surface area (Å²) >= 11 is 0. The molecule has 21 heavy (non-hydrogen) atoms. The lowest BCUT2D eigenvalue weighted by molar-refractivity contribution is 0.219. The average molecular weight is 284 g/mol. The van der Waals surface area contributed by atoms with Crippen molar-refractivity contribution in [3.8, 4) is 5.75 Å². The average Bonchev–Trinajstić information content (AvgIpc) is 2.84. The van der Waals surface area contributed by atoms with Gasteiger partial charge in [-0.05, 0) is 47.9 Å². The molecule has 5 heteroatoms. The molecule has 0 spiro atoms. The number of aromatic nitrogens is 2. The molecule has 1 aromatic heterocycles. The number of benzene rings is 2. The molecular weight excluding hydrogens is 268 g/mol.